The highest BCUT2D eigenvalue weighted by molar-refractivity contribution is 6.03. The molecule has 106 valence electrons. The minimum atomic E-state index is -0.835. The maximum Gasteiger partial charge on any atom is 0.246 e. The number of imide groups is 1. The summed E-state index contributed by atoms with van der Waals surface area (Å²) in [6.45, 7) is -0.318. The Morgan fingerprint density at radius 3 is 2.35 bits per heavy atom. The monoisotopic (exact) mass is 277 g/mol. The van der Waals surface area contributed by atoms with Gasteiger partial charge in [0, 0.05) is 0 Å². The molecule has 0 bridgehead atoms. The second-order valence-electron chi connectivity index (χ2n) is 4.64. The molecule has 7 nitrogen and oxygen atoms in total. The van der Waals surface area contributed by atoms with E-state index in [1.54, 1.807) is 12.1 Å². The minimum Gasteiger partial charge on any atom is -0.508 e. The molecule has 1 saturated heterocycles. The number of aromatic hydroxyl groups is 1. The molecule has 1 aromatic rings. The van der Waals surface area contributed by atoms with Crippen LogP contribution in [0.25, 0.3) is 0 Å². The summed E-state index contributed by atoms with van der Waals surface area (Å²) in [6.07, 6.45) is 0.269. The van der Waals surface area contributed by atoms with E-state index in [1.165, 1.54) is 12.1 Å². The van der Waals surface area contributed by atoms with Crippen LogP contribution in [-0.4, -0.2) is 46.9 Å². The normalized spacial score (nSPS) is 16.8. The maximum absolute atomic E-state index is 12.1. The molecular formula is C13H15N3O4. The molecule has 1 aromatic carbocycles. The van der Waals surface area contributed by atoms with Crippen molar-refractivity contribution in [2.24, 2.45) is 5.73 Å². The van der Waals surface area contributed by atoms with Gasteiger partial charge in [0.25, 0.3) is 0 Å². The zero-order valence-electron chi connectivity index (χ0n) is 10.7. The molecule has 2 rings (SSSR count). The number of amides is 3. The van der Waals surface area contributed by atoms with Crippen molar-refractivity contribution < 1.29 is 19.5 Å². The molecule has 0 aromatic heterocycles. The second kappa shape index (κ2) is 5.70. The van der Waals surface area contributed by atoms with Crippen LogP contribution in [0.1, 0.15) is 5.56 Å². The molecule has 0 unspecified atom stereocenters. The van der Waals surface area contributed by atoms with Crippen molar-refractivity contribution in [1.29, 1.82) is 0 Å². The average molecular weight is 277 g/mol. The molecule has 0 aliphatic carbocycles. The zero-order chi connectivity index (χ0) is 14.7. The van der Waals surface area contributed by atoms with Gasteiger partial charge in [0.1, 0.15) is 18.8 Å². The van der Waals surface area contributed by atoms with Crippen molar-refractivity contribution in [1.82, 2.24) is 10.2 Å². The van der Waals surface area contributed by atoms with E-state index in [4.69, 9.17) is 5.73 Å². The number of carbonyl (C=O) groups excluding carboxylic acids is 3. The molecule has 0 radical (unpaired) electrons. The van der Waals surface area contributed by atoms with Crippen molar-refractivity contribution in [3.05, 3.63) is 29.8 Å². The number of piperazine rings is 1. The number of phenols is 1. The van der Waals surface area contributed by atoms with Gasteiger partial charge in [0.05, 0.1) is 6.04 Å². The lowest BCUT2D eigenvalue weighted by Crippen LogP contribution is -2.57. The van der Waals surface area contributed by atoms with Gasteiger partial charge in [-0.15, -0.1) is 0 Å². The average Bonchev–Trinajstić information content (AvgIpc) is 2.39. The summed E-state index contributed by atoms with van der Waals surface area (Å²) >= 11 is 0. The first-order valence-electron chi connectivity index (χ1n) is 6.10. The molecule has 20 heavy (non-hydrogen) atoms. The van der Waals surface area contributed by atoms with Gasteiger partial charge in [0.2, 0.25) is 17.7 Å². The number of carbonyl (C=O) groups is 3. The number of nitrogens with zero attached hydrogens (tertiary/aromatic N) is 1. The molecule has 1 atom stereocenters. The van der Waals surface area contributed by atoms with Crippen molar-refractivity contribution in [2.75, 3.05) is 13.1 Å². The SMILES string of the molecule is N[C@@H](Cc1ccc(O)cc1)C(=O)N1CC(=O)NC(=O)C1. The van der Waals surface area contributed by atoms with Crippen LogP contribution < -0.4 is 11.1 Å². The highest BCUT2D eigenvalue weighted by Crippen LogP contribution is 2.11. The van der Waals surface area contributed by atoms with Gasteiger partial charge in [0.15, 0.2) is 0 Å². The third-order valence-electron chi connectivity index (χ3n) is 2.97. The predicted octanol–water partition coefficient (Wildman–Crippen LogP) is -1.25. The Morgan fingerprint density at radius 1 is 1.25 bits per heavy atom. The first-order valence-corrected chi connectivity index (χ1v) is 6.10. The Bertz CT molecular complexity index is 525. The van der Waals surface area contributed by atoms with Crippen LogP contribution in [0.2, 0.25) is 0 Å². The molecule has 0 spiro atoms. The van der Waals surface area contributed by atoms with Crippen molar-refractivity contribution in [3.63, 3.8) is 0 Å². The quantitative estimate of drug-likeness (QED) is 0.597. The summed E-state index contributed by atoms with van der Waals surface area (Å²) in [7, 11) is 0. The number of nitrogens with two attached hydrogens (primary N) is 1. The third kappa shape index (κ3) is 3.33. The van der Waals surface area contributed by atoms with Gasteiger partial charge in [-0.1, -0.05) is 12.1 Å². The fraction of sp³-hybridized carbons (Fsp3) is 0.308. The Morgan fingerprint density at radius 2 is 1.80 bits per heavy atom. The molecular weight excluding hydrogens is 262 g/mol. The molecule has 0 saturated carbocycles. The maximum atomic E-state index is 12.1. The van der Waals surface area contributed by atoms with E-state index >= 15 is 0 Å². The molecule has 1 aliphatic heterocycles. The number of benzene rings is 1. The van der Waals surface area contributed by atoms with E-state index in [-0.39, 0.29) is 25.3 Å². The fourth-order valence-corrected chi connectivity index (χ4v) is 2.00. The summed E-state index contributed by atoms with van der Waals surface area (Å²) in [5.74, 6) is -1.33. The number of hydrogen-bond donors (Lipinski definition) is 3. The smallest absolute Gasteiger partial charge is 0.246 e. The minimum absolute atomic E-state index is 0.131. The first-order chi connectivity index (χ1) is 9.45. The van der Waals surface area contributed by atoms with E-state index in [2.05, 4.69) is 5.32 Å². The Balaban J connectivity index is 1.99. The van der Waals surface area contributed by atoms with Crippen molar-refractivity contribution >= 4 is 17.7 Å². The summed E-state index contributed by atoms with van der Waals surface area (Å²) in [5, 5.41) is 11.3. The van der Waals surface area contributed by atoms with Crippen LogP contribution in [0.3, 0.4) is 0 Å². The van der Waals surface area contributed by atoms with Gasteiger partial charge in [-0.25, -0.2) is 0 Å². The molecule has 1 heterocycles. The van der Waals surface area contributed by atoms with Gasteiger partial charge < -0.3 is 15.7 Å². The third-order valence-corrected chi connectivity index (χ3v) is 2.97. The molecule has 3 amide bonds. The largest absolute Gasteiger partial charge is 0.508 e. The Kier molecular flexibility index (Phi) is 3.99. The van der Waals surface area contributed by atoms with E-state index in [0.29, 0.717) is 0 Å². The van der Waals surface area contributed by atoms with Crippen LogP contribution in [0.5, 0.6) is 5.75 Å². The van der Waals surface area contributed by atoms with Crippen LogP contribution in [0.4, 0.5) is 0 Å². The zero-order valence-corrected chi connectivity index (χ0v) is 10.7. The van der Waals surface area contributed by atoms with Crippen LogP contribution in [-0.2, 0) is 20.8 Å². The summed E-state index contributed by atoms with van der Waals surface area (Å²) in [4.78, 5) is 35.6. The van der Waals surface area contributed by atoms with E-state index < -0.39 is 23.8 Å². The van der Waals surface area contributed by atoms with Gasteiger partial charge in [-0.05, 0) is 24.1 Å². The van der Waals surface area contributed by atoms with Crippen LogP contribution in [0, 0.1) is 0 Å². The van der Waals surface area contributed by atoms with Gasteiger partial charge in [-0.3, -0.25) is 19.7 Å². The molecule has 7 heteroatoms. The number of hydrogen-bond acceptors (Lipinski definition) is 5. The number of rotatable bonds is 3. The second-order valence-corrected chi connectivity index (χ2v) is 4.64. The topological polar surface area (TPSA) is 113 Å². The Hall–Kier alpha value is -2.41. The molecule has 1 fully saturated rings. The van der Waals surface area contributed by atoms with Crippen LogP contribution >= 0.6 is 0 Å². The fourth-order valence-electron chi connectivity index (χ4n) is 2.00. The number of nitrogens with one attached hydrogen (secondary N) is 1. The van der Waals surface area contributed by atoms with E-state index in [0.717, 1.165) is 10.5 Å². The lowest BCUT2D eigenvalue weighted by atomic mass is 10.1. The lowest BCUT2D eigenvalue weighted by Gasteiger charge is -2.27. The van der Waals surface area contributed by atoms with E-state index in [9.17, 15) is 19.5 Å². The van der Waals surface area contributed by atoms with Crippen LogP contribution in [0.15, 0.2) is 24.3 Å². The van der Waals surface area contributed by atoms with Crippen molar-refractivity contribution in [2.45, 2.75) is 12.5 Å². The lowest BCUT2D eigenvalue weighted by molar-refractivity contribution is -0.146. The summed E-state index contributed by atoms with van der Waals surface area (Å²) in [6, 6.07) is 5.50. The van der Waals surface area contributed by atoms with Gasteiger partial charge >= 0.3 is 0 Å². The van der Waals surface area contributed by atoms with Gasteiger partial charge in [-0.2, -0.15) is 0 Å². The highest BCUT2D eigenvalue weighted by Gasteiger charge is 2.29. The van der Waals surface area contributed by atoms with Crippen molar-refractivity contribution in [3.8, 4) is 5.75 Å². The predicted molar refractivity (Wildman–Crippen MR) is 69.5 cm³/mol. The standard InChI is InChI=1S/C13H15N3O4/c14-10(5-8-1-3-9(17)4-2-8)13(20)16-6-11(18)15-12(19)7-16/h1-4,10,17H,5-7,14H2,(H,15,18,19)/t10-/m0/s1. The number of phenolic OH excluding ortho intramolecular Hbond substituents is 1. The first kappa shape index (κ1) is 14.0. The van der Waals surface area contributed by atoms with E-state index in [1.807, 2.05) is 0 Å². The Labute approximate surface area is 115 Å². The molecule has 1 aliphatic rings. The molecule has 4 N–H and O–H groups in total. The summed E-state index contributed by atoms with van der Waals surface area (Å²) < 4.78 is 0. The summed E-state index contributed by atoms with van der Waals surface area (Å²) in [5.41, 5.74) is 6.60. The highest BCUT2D eigenvalue weighted by atomic mass is 16.3.